The molecule has 1 unspecified atom stereocenters. The van der Waals surface area contributed by atoms with Gasteiger partial charge in [0.15, 0.2) is 0 Å². The van der Waals surface area contributed by atoms with Gasteiger partial charge in [0.05, 0.1) is 21.5 Å². The van der Waals surface area contributed by atoms with E-state index in [1.165, 1.54) is 6.39 Å². The summed E-state index contributed by atoms with van der Waals surface area (Å²) in [6.45, 7) is 3.51. The quantitative estimate of drug-likeness (QED) is 0.858. The summed E-state index contributed by atoms with van der Waals surface area (Å²) in [4.78, 5) is 11.9. The standard InChI is InChI=1S/C16H13Cl2N3O3/c1-7-11(15-21-19-6-24-15)13(12(16(22)23)8(2)20-7)9-4-3-5-10(17)14(9)18/h3-6,13,20H,1-2H3,(H,22,23). The third kappa shape index (κ3) is 2.68. The number of nitrogens with zero attached hydrogens (tertiary/aromatic N) is 2. The van der Waals surface area contributed by atoms with E-state index < -0.39 is 11.9 Å². The summed E-state index contributed by atoms with van der Waals surface area (Å²) in [7, 11) is 0. The zero-order valence-corrected chi connectivity index (χ0v) is 14.3. The van der Waals surface area contributed by atoms with Crippen LogP contribution in [0.3, 0.4) is 0 Å². The first-order valence-electron chi connectivity index (χ1n) is 7.04. The van der Waals surface area contributed by atoms with Crippen LogP contribution in [-0.2, 0) is 4.79 Å². The maximum absolute atomic E-state index is 11.9. The second-order valence-corrected chi connectivity index (χ2v) is 6.11. The molecule has 2 heterocycles. The molecule has 0 radical (unpaired) electrons. The van der Waals surface area contributed by atoms with Crippen molar-refractivity contribution in [1.82, 2.24) is 15.5 Å². The highest BCUT2D eigenvalue weighted by Gasteiger charge is 2.37. The molecule has 1 aromatic carbocycles. The molecule has 1 aliphatic heterocycles. The minimum atomic E-state index is -1.06. The summed E-state index contributed by atoms with van der Waals surface area (Å²) in [6.07, 6.45) is 1.19. The van der Waals surface area contributed by atoms with Crippen LogP contribution in [0.1, 0.15) is 31.2 Å². The van der Waals surface area contributed by atoms with Crippen LogP contribution >= 0.6 is 23.2 Å². The third-order valence-electron chi connectivity index (χ3n) is 3.87. The number of rotatable bonds is 3. The molecule has 24 heavy (non-hydrogen) atoms. The van der Waals surface area contributed by atoms with Gasteiger partial charge in [-0.1, -0.05) is 35.3 Å². The van der Waals surface area contributed by atoms with Gasteiger partial charge in [-0.25, -0.2) is 4.79 Å². The van der Waals surface area contributed by atoms with Gasteiger partial charge in [0, 0.05) is 17.0 Å². The molecule has 8 heteroatoms. The number of carboxylic acid groups (broad SMARTS) is 1. The molecule has 1 atom stereocenters. The van der Waals surface area contributed by atoms with Gasteiger partial charge in [0.25, 0.3) is 0 Å². The molecule has 124 valence electrons. The molecule has 1 aromatic heterocycles. The van der Waals surface area contributed by atoms with Gasteiger partial charge < -0.3 is 14.8 Å². The molecule has 0 aliphatic carbocycles. The van der Waals surface area contributed by atoms with Crippen molar-refractivity contribution in [3.63, 3.8) is 0 Å². The van der Waals surface area contributed by atoms with Crippen molar-refractivity contribution in [3.8, 4) is 0 Å². The molecule has 0 fully saturated rings. The van der Waals surface area contributed by atoms with Crippen LogP contribution in [-0.4, -0.2) is 21.3 Å². The molecule has 0 spiro atoms. The van der Waals surface area contributed by atoms with Gasteiger partial charge in [-0.2, -0.15) is 0 Å². The molecule has 0 saturated carbocycles. The first kappa shape index (κ1) is 16.5. The fourth-order valence-corrected chi connectivity index (χ4v) is 3.32. The SMILES string of the molecule is CC1=C(C(=O)O)C(c2cccc(Cl)c2Cl)C(c2nnco2)=C(C)N1. The summed E-state index contributed by atoms with van der Waals surface area (Å²) in [6, 6.07) is 5.11. The molecule has 0 bridgehead atoms. The van der Waals surface area contributed by atoms with Crippen LogP contribution < -0.4 is 5.32 Å². The van der Waals surface area contributed by atoms with Crippen molar-refractivity contribution in [2.45, 2.75) is 19.8 Å². The van der Waals surface area contributed by atoms with E-state index in [0.29, 0.717) is 32.6 Å². The lowest BCUT2D eigenvalue weighted by atomic mass is 9.80. The van der Waals surface area contributed by atoms with Crippen LogP contribution in [0.4, 0.5) is 0 Å². The highest BCUT2D eigenvalue weighted by atomic mass is 35.5. The third-order valence-corrected chi connectivity index (χ3v) is 4.71. The Labute approximate surface area is 147 Å². The van der Waals surface area contributed by atoms with E-state index in [0.717, 1.165) is 0 Å². The van der Waals surface area contributed by atoms with Gasteiger partial charge in [0.2, 0.25) is 12.3 Å². The number of benzene rings is 1. The smallest absolute Gasteiger partial charge is 0.334 e. The molecule has 6 nitrogen and oxygen atoms in total. The Morgan fingerprint density at radius 2 is 2.04 bits per heavy atom. The summed E-state index contributed by atoms with van der Waals surface area (Å²) >= 11 is 12.5. The largest absolute Gasteiger partial charge is 0.478 e. The van der Waals surface area contributed by atoms with Crippen LogP contribution in [0.5, 0.6) is 0 Å². The predicted octanol–water partition coefficient (Wildman–Crippen LogP) is 3.85. The highest BCUT2D eigenvalue weighted by molar-refractivity contribution is 6.42. The monoisotopic (exact) mass is 365 g/mol. The average molecular weight is 366 g/mol. The first-order chi connectivity index (χ1) is 11.4. The van der Waals surface area contributed by atoms with Crippen LogP contribution in [0.25, 0.3) is 5.57 Å². The lowest BCUT2D eigenvalue weighted by molar-refractivity contribution is -0.132. The Bertz CT molecular complexity index is 873. The van der Waals surface area contributed by atoms with Crippen molar-refractivity contribution in [2.75, 3.05) is 0 Å². The van der Waals surface area contributed by atoms with Crippen molar-refractivity contribution in [2.24, 2.45) is 0 Å². The Kier molecular flexibility index (Phi) is 4.34. The van der Waals surface area contributed by atoms with Crippen LogP contribution in [0.15, 0.2) is 46.0 Å². The molecule has 2 N–H and O–H groups in total. The Hall–Kier alpha value is -2.31. The van der Waals surface area contributed by atoms with Gasteiger partial charge >= 0.3 is 5.97 Å². The second kappa shape index (κ2) is 6.30. The highest BCUT2D eigenvalue weighted by Crippen LogP contribution is 2.46. The van der Waals surface area contributed by atoms with Gasteiger partial charge in [-0.15, -0.1) is 10.2 Å². The maximum atomic E-state index is 11.9. The summed E-state index contributed by atoms with van der Waals surface area (Å²) in [5, 5.41) is 21.1. The number of halogens is 2. The number of allylic oxidation sites excluding steroid dienone is 3. The molecular formula is C16H13Cl2N3O3. The van der Waals surface area contributed by atoms with Crippen LogP contribution in [0.2, 0.25) is 10.0 Å². The van der Waals surface area contributed by atoms with Crippen molar-refractivity contribution >= 4 is 34.7 Å². The molecule has 0 saturated heterocycles. The van der Waals surface area contributed by atoms with Crippen molar-refractivity contribution in [1.29, 1.82) is 0 Å². The topological polar surface area (TPSA) is 88.2 Å². The van der Waals surface area contributed by atoms with E-state index >= 15 is 0 Å². The molecule has 1 aliphatic rings. The van der Waals surface area contributed by atoms with E-state index in [4.69, 9.17) is 27.6 Å². The van der Waals surface area contributed by atoms with Crippen molar-refractivity contribution in [3.05, 3.63) is 63.1 Å². The fraction of sp³-hybridized carbons (Fsp3) is 0.188. The number of hydrogen-bond donors (Lipinski definition) is 2. The maximum Gasteiger partial charge on any atom is 0.334 e. The Morgan fingerprint density at radius 1 is 1.29 bits per heavy atom. The number of dihydropyridines is 1. The summed E-state index contributed by atoms with van der Waals surface area (Å²) < 4.78 is 5.32. The Morgan fingerprint density at radius 3 is 2.67 bits per heavy atom. The zero-order chi connectivity index (χ0) is 17.4. The lowest BCUT2D eigenvalue weighted by Gasteiger charge is -2.29. The number of nitrogens with one attached hydrogen (secondary N) is 1. The summed E-state index contributed by atoms with van der Waals surface area (Å²) in [5.41, 5.74) is 2.50. The predicted molar refractivity (Wildman–Crippen MR) is 89.6 cm³/mol. The molecule has 2 aromatic rings. The molecule has 0 amide bonds. The van der Waals surface area contributed by atoms with E-state index in [1.807, 2.05) is 6.92 Å². The summed E-state index contributed by atoms with van der Waals surface area (Å²) in [5.74, 6) is -1.52. The fourth-order valence-electron chi connectivity index (χ4n) is 2.91. The number of hydrogen-bond acceptors (Lipinski definition) is 5. The minimum absolute atomic E-state index is 0.151. The zero-order valence-electron chi connectivity index (χ0n) is 12.8. The minimum Gasteiger partial charge on any atom is -0.478 e. The van der Waals surface area contributed by atoms with E-state index in [1.54, 1.807) is 25.1 Å². The van der Waals surface area contributed by atoms with E-state index in [-0.39, 0.29) is 11.5 Å². The van der Waals surface area contributed by atoms with Gasteiger partial charge in [-0.3, -0.25) is 0 Å². The van der Waals surface area contributed by atoms with Crippen molar-refractivity contribution < 1.29 is 14.3 Å². The normalized spacial score (nSPS) is 17.9. The first-order valence-corrected chi connectivity index (χ1v) is 7.79. The van der Waals surface area contributed by atoms with Crippen LogP contribution in [0, 0.1) is 0 Å². The number of aliphatic carboxylic acids is 1. The van der Waals surface area contributed by atoms with E-state index in [9.17, 15) is 9.90 Å². The molecule has 3 rings (SSSR count). The lowest BCUT2D eigenvalue weighted by Crippen LogP contribution is -2.27. The number of carbonyl (C=O) groups is 1. The number of aromatic nitrogens is 2. The average Bonchev–Trinajstić information content (AvgIpc) is 3.02. The molecular weight excluding hydrogens is 353 g/mol. The van der Waals surface area contributed by atoms with Gasteiger partial charge in [0.1, 0.15) is 0 Å². The number of carboxylic acids is 1. The second-order valence-electron chi connectivity index (χ2n) is 5.33. The Balaban J connectivity index is 2.30. The van der Waals surface area contributed by atoms with E-state index in [2.05, 4.69) is 15.5 Å². The van der Waals surface area contributed by atoms with Gasteiger partial charge in [-0.05, 0) is 25.5 Å².